The molecule has 190 valence electrons. The van der Waals surface area contributed by atoms with E-state index in [1.807, 2.05) is 4.90 Å². The van der Waals surface area contributed by atoms with Gasteiger partial charge in [0.1, 0.15) is 12.2 Å². The second-order valence-electron chi connectivity index (χ2n) is 9.98. The molecule has 9 nitrogen and oxygen atoms in total. The summed E-state index contributed by atoms with van der Waals surface area (Å²) in [4.78, 5) is 28.6. The molecule has 1 heterocycles. The van der Waals surface area contributed by atoms with Crippen molar-refractivity contribution < 1.29 is 34.4 Å². The molecule has 4 aliphatic rings. The van der Waals surface area contributed by atoms with Crippen LogP contribution in [0, 0.1) is 5.92 Å². The zero-order valence-electron chi connectivity index (χ0n) is 20.0. The van der Waals surface area contributed by atoms with Crippen molar-refractivity contribution in [1.82, 2.24) is 10.2 Å². The third-order valence-electron chi connectivity index (χ3n) is 7.72. The minimum absolute atomic E-state index is 0.0190. The minimum atomic E-state index is -1.05. The number of methoxy groups -OCH3 is 1. The standard InChI is InChI=1S/C26H34N2O7/c1-34-20-11-14(13-30)10-17-21-18(25(32)27-8-9-29)12-19(22(31)24(21)35-23(17)20)28(16-4-2-3-5-16)26(33)15-6-7-15/h10-12,15-16,19,21-22,24,29-31H,2-9,13H2,1H3,(H,27,32)/t19-,21+,22+,24+/m1/s1. The summed E-state index contributed by atoms with van der Waals surface area (Å²) in [6, 6.07) is 2.78. The molecule has 0 saturated heterocycles. The van der Waals surface area contributed by atoms with E-state index in [9.17, 15) is 24.9 Å². The first-order chi connectivity index (χ1) is 17.0. The molecule has 9 heteroatoms. The van der Waals surface area contributed by atoms with E-state index in [0.717, 1.165) is 38.5 Å². The summed E-state index contributed by atoms with van der Waals surface area (Å²) in [5, 5.41) is 33.4. The zero-order chi connectivity index (χ0) is 24.7. The van der Waals surface area contributed by atoms with E-state index < -0.39 is 24.2 Å². The second-order valence-corrected chi connectivity index (χ2v) is 9.98. The van der Waals surface area contributed by atoms with Crippen LogP contribution in [0.2, 0.25) is 0 Å². The number of hydrogen-bond donors (Lipinski definition) is 4. The molecule has 0 aromatic heterocycles. The molecule has 1 aliphatic heterocycles. The van der Waals surface area contributed by atoms with Gasteiger partial charge in [0.25, 0.3) is 0 Å². The van der Waals surface area contributed by atoms with Crippen molar-refractivity contribution in [2.24, 2.45) is 5.92 Å². The van der Waals surface area contributed by atoms with Crippen LogP contribution in [0.4, 0.5) is 0 Å². The normalized spacial score (nSPS) is 27.5. The van der Waals surface area contributed by atoms with Crippen molar-refractivity contribution in [3.8, 4) is 11.5 Å². The Labute approximate surface area is 204 Å². The molecule has 4 N–H and O–H groups in total. The topological polar surface area (TPSA) is 129 Å². The summed E-state index contributed by atoms with van der Waals surface area (Å²) in [6.07, 6.45) is 5.42. The van der Waals surface area contributed by atoms with Crippen molar-refractivity contribution in [3.63, 3.8) is 0 Å². The van der Waals surface area contributed by atoms with Gasteiger partial charge in [0.05, 0.1) is 32.3 Å². The highest BCUT2D eigenvalue weighted by atomic mass is 16.5. The first-order valence-electron chi connectivity index (χ1n) is 12.6. The monoisotopic (exact) mass is 486 g/mol. The summed E-state index contributed by atoms with van der Waals surface area (Å²) < 4.78 is 11.8. The maximum atomic E-state index is 13.4. The van der Waals surface area contributed by atoms with Crippen LogP contribution >= 0.6 is 0 Å². The number of aliphatic hydroxyl groups excluding tert-OH is 3. The van der Waals surface area contributed by atoms with E-state index in [1.54, 1.807) is 18.2 Å². The van der Waals surface area contributed by atoms with Crippen LogP contribution in [0.25, 0.3) is 0 Å². The van der Waals surface area contributed by atoms with Crippen LogP contribution in [-0.4, -0.2) is 76.6 Å². The molecule has 2 saturated carbocycles. The molecule has 3 aliphatic carbocycles. The smallest absolute Gasteiger partial charge is 0.247 e. The van der Waals surface area contributed by atoms with Gasteiger partial charge in [0.2, 0.25) is 11.8 Å². The summed E-state index contributed by atoms with van der Waals surface area (Å²) >= 11 is 0. The lowest BCUT2D eigenvalue weighted by Crippen LogP contribution is -2.58. The van der Waals surface area contributed by atoms with Crippen LogP contribution in [0.15, 0.2) is 23.8 Å². The first kappa shape index (κ1) is 24.1. The first-order valence-corrected chi connectivity index (χ1v) is 12.6. The highest BCUT2D eigenvalue weighted by Crippen LogP contribution is 2.52. The summed E-state index contributed by atoms with van der Waals surface area (Å²) in [6.45, 7) is -0.335. The molecule has 0 unspecified atom stereocenters. The molecule has 2 amide bonds. The van der Waals surface area contributed by atoms with Gasteiger partial charge >= 0.3 is 0 Å². The average Bonchev–Trinajstić information content (AvgIpc) is 3.45. The third kappa shape index (κ3) is 4.30. The number of nitrogens with zero attached hydrogens (tertiary/aromatic N) is 1. The quantitative estimate of drug-likeness (QED) is 0.431. The number of fused-ring (bicyclic) bond motifs is 3. The number of amides is 2. The van der Waals surface area contributed by atoms with Gasteiger partial charge in [-0.3, -0.25) is 9.59 Å². The van der Waals surface area contributed by atoms with Gasteiger partial charge in [-0.1, -0.05) is 12.8 Å². The van der Waals surface area contributed by atoms with E-state index in [0.29, 0.717) is 28.2 Å². The fourth-order valence-corrected chi connectivity index (χ4v) is 5.88. The van der Waals surface area contributed by atoms with E-state index in [1.165, 1.54) is 7.11 Å². The Morgan fingerprint density at radius 2 is 1.91 bits per heavy atom. The molecule has 5 rings (SSSR count). The molecular weight excluding hydrogens is 452 g/mol. The number of nitrogens with one attached hydrogen (secondary N) is 1. The lowest BCUT2D eigenvalue weighted by atomic mass is 9.77. The number of aliphatic hydroxyl groups is 3. The lowest BCUT2D eigenvalue weighted by molar-refractivity contribution is -0.141. The van der Waals surface area contributed by atoms with Crippen LogP contribution in [0.1, 0.15) is 55.6 Å². The van der Waals surface area contributed by atoms with Crippen molar-refractivity contribution in [3.05, 3.63) is 34.9 Å². The van der Waals surface area contributed by atoms with Gasteiger partial charge in [-0.25, -0.2) is 0 Å². The van der Waals surface area contributed by atoms with Gasteiger partial charge in [0.15, 0.2) is 11.5 Å². The van der Waals surface area contributed by atoms with Crippen molar-refractivity contribution in [1.29, 1.82) is 0 Å². The Hall–Kier alpha value is -2.62. The van der Waals surface area contributed by atoms with Crippen molar-refractivity contribution >= 4 is 11.8 Å². The number of carbonyl (C=O) groups excluding carboxylic acids is 2. The fourth-order valence-electron chi connectivity index (χ4n) is 5.88. The third-order valence-corrected chi connectivity index (χ3v) is 7.72. The van der Waals surface area contributed by atoms with E-state index in [2.05, 4.69) is 5.32 Å². The number of hydrogen-bond acceptors (Lipinski definition) is 7. The minimum Gasteiger partial charge on any atom is -0.493 e. The van der Waals surface area contributed by atoms with Gasteiger partial charge in [-0.2, -0.15) is 0 Å². The molecule has 35 heavy (non-hydrogen) atoms. The Morgan fingerprint density at radius 3 is 2.54 bits per heavy atom. The second kappa shape index (κ2) is 9.79. The van der Waals surface area contributed by atoms with Crippen molar-refractivity contribution in [2.75, 3.05) is 20.3 Å². The van der Waals surface area contributed by atoms with E-state index in [4.69, 9.17) is 9.47 Å². The highest BCUT2D eigenvalue weighted by Gasteiger charge is 2.53. The van der Waals surface area contributed by atoms with Crippen LogP contribution in [0.3, 0.4) is 0 Å². The van der Waals surface area contributed by atoms with E-state index >= 15 is 0 Å². The molecule has 0 radical (unpaired) electrons. The molecular formula is C26H34N2O7. The van der Waals surface area contributed by atoms with Crippen LogP contribution < -0.4 is 14.8 Å². The Bertz CT molecular complexity index is 1020. The fraction of sp³-hybridized carbons (Fsp3) is 0.615. The van der Waals surface area contributed by atoms with Crippen LogP contribution in [-0.2, 0) is 16.2 Å². The number of ether oxygens (including phenoxy) is 2. The largest absolute Gasteiger partial charge is 0.493 e. The zero-order valence-corrected chi connectivity index (χ0v) is 20.0. The summed E-state index contributed by atoms with van der Waals surface area (Å²) in [7, 11) is 1.50. The molecule has 1 aromatic rings. The molecule has 0 bridgehead atoms. The number of carbonyl (C=O) groups is 2. The van der Waals surface area contributed by atoms with E-state index in [-0.39, 0.29) is 43.5 Å². The predicted molar refractivity (Wildman–Crippen MR) is 126 cm³/mol. The predicted octanol–water partition coefficient (Wildman–Crippen LogP) is 0.991. The van der Waals surface area contributed by atoms with Crippen LogP contribution in [0.5, 0.6) is 11.5 Å². The lowest BCUT2D eigenvalue weighted by Gasteiger charge is -2.43. The van der Waals surface area contributed by atoms with Gasteiger partial charge < -0.3 is 35.0 Å². The van der Waals surface area contributed by atoms with Gasteiger partial charge in [-0.15, -0.1) is 0 Å². The SMILES string of the molecule is COc1cc(CO)cc2c1O[C@@H]1[C@@H](O)[C@H](N(C(=O)C3CC3)C3CCCC3)C=C(C(=O)NCCO)[C@H]21. The number of benzene rings is 1. The van der Waals surface area contributed by atoms with Gasteiger partial charge in [0, 0.05) is 29.6 Å². The average molecular weight is 487 g/mol. The Morgan fingerprint density at radius 1 is 1.17 bits per heavy atom. The highest BCUT2D eigenvalue weighted by molar-refractivity contribution is 5.96. The molecule has 1 aromatic carbocycles. The summed E-state index contributed by atoms with van der Waals surface area (Å²) in [5.41, 5.74) is 1.65. The molecule has 4 atom stereocenters. The maximum Gasteiger partial charge on any atom is 0.247 e. The van der Waals surface area contributed by atoms with Gasteiger partial charge in [-0.05, 0) is 49.5 Å². The summed E-state index contributed by atoms with van der Waals surface area (Å²) in [5.74, 6) is -0.101. The maximum absolute atomic E-state index is 13.4. The van der Waals surface area contributed by atoms with Crippen molar-refractivity contribution in [2.45, 2.75) is 75.3 Å². The molecule has 0 spiro atoms. The molecule has 2 fully saturated rings. The Kier molecular flexibility index (Phi) is 6.74. The Balaban J connectivity index is 1.59. The number of rotatable bonds is 8.